The van der Waals surface area contributed by atoms with Crippen molar-refractivity contribution in [3.05, 3.63) is 0 Å². The van der Waals surface area contributed by atoms with Gasteiger partial charge in [-0.3, -0.25) is 0 Å². The lowest BCUT2D eigenvalue weighted by Gasteiger charge is -2.32. The molecule has 0 aromatic rings. The lowest BCUT2D eigenvalue weighted by molar-refractivity contribution is 0.227. The van der Waals surface area contributed by atoms with Crippen LogP contribution in [0, 0.1) is 11.8 Å². The van der Waals surface area contributed by atoms with Gasteiger partial charge in [-0.2, -0.15) is 0 Å². The summed E-state index contributed by atoms with van der Waals surface area (Å²) in [7, 11) is -2.94. The van der Waals surface area contributed by atoms with Gasteiger partial charge in [0.25, 0.3) is 0 Å². The third-order valence-electron chi connectivity index (χ3n) is 2.91. The summed E-state index contributed by atoms with van der Waals surface area (Å²) in [5.41, 5.74) is 0. The van der Waals surface area contributed by atoms with Crippen molar-refractivity contribution in [2.75, 3.05) is 19.3 Å². The Balaban J connectivity index is 0.000000921. The maximum atomic E-state index is 11.2. The monoisotopic (exact) mass is 235 g/mol. The minimum absolute atomic E-state index is 0.682. The van der Waals surface area contributed by atoms with Gasteiger partial charge in [-0.05, 0) is 24.7 Å². The van der Waals surface area contributed by atoms with Crippen molar-refractivity contribution in [3.63, 3.8) is 0 Å². The molecule has 4 heteroatoms. The third-order valence-corrected chi connectivity index (χ3v) is 4.21. The molecule has 0 bridgehead atoms. The van der Waals surface area contributed by atoms with Gasteiger partial charge in [0.1, 0.15) is 0 Å². The van der Waals surface area contributed by atoms with E-state index in [0.29, 0.717) is 24.9 Å². The van der Waals surface area contributed by atoms with Gasteiger partial charge < -0.3 is 0 Å². The molecule has 1 saturated heterocycles. The van der Waals surface area contributed by atoms with Crippen LogP contribution in [0.25, 0.3) is 0 Å². The Bertz CT molecular complexity index is 252. The normalized spacial score (nSPS) is 19.9. The zero-order valence-electron chi connectivity index (χ0n) is 10.7. The molecule has 1 fully saturated rings. The van der Waals surface area contributed by atoms with Crippen LogP contribution in [0.15, 0.2) is 0 Å². The lowest BCUT2D eigenvalue weighted by atomic mass is 9.87. The van der Waals surface area contributed by atoms with Gasteiger partial charge in [0.05, 0.1) is 6.26 Å². The number of rotatable bonds is 2. The fraction of sp³-hybridized carbons (Fsp3) is 1.00. The number of hydrogen-bond acceptors (Lipinski definition) is 2. The van der Waals surface area contributed by atoms with Gasteiger partial charge >= 0.3 is 0 Å². The smallest absolute Gasteiger partial charge is 0.211 e. The second kappa shape index (κ2) is 6.48. The highest BCUT2D eigenvalue weighted by atomic mass is 32.2. The number of sulfonamides is 1. The van der Waals surface area contributed by atoms with E-state index in [9.17, 15) is 8.42 Å². The third kappa shape index (κ3) is 4.98. The first kappa shape index (κ1) is 14.9. The van der Waals surface area contributed by atoms with E-state index < -0.39 is 10.0 Å². The summed E-state index contributed by atoms with van der Waals surface area (Å²) in [4.78, 5) is 0. The average molecular weight is 235 g/mol. The van der Waals surface area contributed by atoms with Gasteiger partial charge in [0.15, 0.2) is 0 Å². The van der Waals surface area contributed by atoms with Crippen LogP contribution < -0.4 is 0 Å². The molecule has 3 nitrogen and oxygen atoms in total. The van der Waals surface area contributed by atoms with Crippen LogP contribution in [0.1, 0.15) is 40.5 Å². The number of piperidine rings is 1. The molecule has 0 atom stereocenters. The SMILES string of the molecule is CC.CC(C)C1CCN(S(C)(=O)=O)CC1. The Hall–Kier alpha value is -0.0900. The predicted octanol–water partition coefficient (Wildman–Crippen LogP) is 2.34. The van der Waals surface area contributed by atoms with E-state index in [1.165, 1.54) is 6.26 Å². The molecule has 1 heterocycles. The standard InChI is InChI=1S/C9H19NO2S.C2H6/c1-8(2)9-4-6-10(7-5-9)13(3,11)12;1-2/h8-9H,4-7H2,1-3H3;1-2H3. The topological polar surface area (TPSA) is 37.4 Å². The summed E-state index contributed by atoms with van der Waals surface area (Å²) < 4.78 is 24.0. The Kier molecular flexibility index (Phi) is 6.44. The Morgan fingerprint density at radius 2 is 1.53 bits per heavy atom. The number of hydrogen-bond donors (Lipinski definition) is 0. The van der Waals surface area contributed by atoms with Crippen LogP contribution in [0.5, 0.6) is 0 Å². The average Bonchev–Trinajstić information content (AvgIpc) is 2.20. The molecular formula is C11H25NO2S. The molecule has 1 aliphatic heterocycles. The van der Waals surface area contributed by atoms with Gasteiger partial charge in [-0.15, -0.1) is 0 Å². The van der Waals surface area contributed by atoms with Gasteiger partial charge in [-0.1, -0.05) is 27.7 Å². The first-order valence-corrected chi connectivity index (χ1v) is 7.71. The van der Waals surface area contributed by atoms with E-state index in [4.69, 9.17) is 0 Å². The lowest BCUT2D eigenvalue weighted by Crippen LogP contribution is -2.38. The maximum absolute atomic E-state index is 11.2. The molecule has 1 rings (SSSR count). The molecule has 0 amide bonds. The van der Waals surface area contributed by atoms with Crippen molar-refractivity contribution in [1.82, 2.24) is 4.31 Å². The molecule has 0 saturated carbocycles. The summed E-state index contributed by atoms with van der Waals surface area (Å²) in [5, 5.41) is 0. The van der Waals surface area contributed by atoms with Crippen LogP contribution in [0.4, 0.5) is 0 Å². The van der Waals surface area contributed by atoms with Crippen molar-refractivity contribution < 1.29 is 8.42 Å². The molecule has 1 aliphatic rings. The first-order chi connectivity index (χ1) is 6.91. The van der Waals surface area contributed by atoms with Gasteiger partial charge in [0, 0.05) is 13.1 Å². The van der Waals surface area contributed by atoms with E-state index in [-0.39, 0.29) is 0 Å². The summed E-state index contributed by atoms with van der Waals surface area (Å²) in [5.74, 6) is 1.39. The van der Waals surface area contributed by atoms with Gasteiger partial charge in [0.2, 0.25) is 10.0 Å². The molecule has 0 N–H and O–H groups in total. The van der Waals surface area contributed by atoms with E-state index in [1.54, 1.807) is 4.31 Å². The molecule has 92 valence electrons. The van der Waals surface area contributed by atoms with Crippen LogP contribution in [0.2, 0.25) is 0 Å². The molecule has 0 spiro atoms. The van der Waals surface area contributed by atoms with Crippen molar-refractivity contribution in [3.8, 4) is 0 Å². The zero-order chi connectivity index (χ0) is 12.1. The summed E-state index contributed by atoms with van der Waals surface area (Å²) in [6, 6.07) is 0. The maximum Gasteiger partial charge on any atom is 0.211 e. The Labute approximate surface area is 94.9 Å². The van der Waals surface area contributed by atoms with Crippen molar-refractivity contribution in [2.45, 2.75) is 40.5 Å². The molecule has 15 heavy (non-hydrogen) atoms. The van der Waals surface area contributed by atoms with Crippen molar-refractivity contribution in [1.29, 1.82) is 0 Å². The molecular weight excluding hydrogens is 210 g/mol. The van der Waals surface area contributed by atoms with Crippen molar-refractivity contribution in [2.24, 2.45) is 11.8 Å². The first-order valence-electron chi connectivity index (χ1n) is 5.86. The Morgan fingerprint density at radius 3 is 1.80 bits per heavy atom. The quantitative estimate of drug-likeness (QED) is 0.736. The van der Waals surface area contributed by atoms with E-state index in [1.807, 2.05) is 13.8 Å². The Morgan fingerprint density at radius 1 is 1.13 bits per heavy atom. The highest BCUT2D eigenvalue weighted by Gasteiger charge is 2.25. The predicted molar refractivity (Wildman–Crippen MR) is 65.3 cm³/mol. The minimum Gasteiger partial charge on any atom is -0.213 e. The van der Waals surface area contributed by atoms with E-state index in [2.05, 4.69) is 13.8 Å². The largest absolute Gasteiger partial charge is 0.213 e. The fourth-order valence-corrected chi connectivity index (χ4v) is 2.75. The minimum atomic E-state index is -2.94. The highest BCUT2D eigenvalue weighted by molar-refractivity contribution is 7.88. The zero-order valence-corrected chi connectivity index (χ0v) is 11.5. The molecule has 0 unspecified atom stereocenters. The summed E-state index contributed by atoms with van der Waals surface area (Å²) in [6.45, 7) is 9.84. The molecule has 0 aliphatic carbocycles. The molecule has 0 aromatic carbocycles. The van der Waals surface area contributed by atoms with Crippen LogP contribution in [-0.2, 0) is 10.0 Å². The second-order valence-electron chi connectivity index (χ2n) is 4.24. The van der Waals surface area contributed by atoms with Gasteiger partial charge in [-0.25, -0.2) is 12.7 Å². The van der Waals surface area contributed by atoms with Crippen molar-refractivity contribution >= 4 is 10.0 Å². The van der Waals surface area contributed by atoms with E-state index >= 15 is 0 Å². The van der Waals surface area contributed by atoms with Crippen LogP contribution in [0.3, 0.4) is 0 Å². The summed E-state index contributed by atoms with van der Waals surface area (Å²) in [6.07, 6.45) is 3.33. The molecule has 0 aromatic heterocycles. The fourth-order valence-electron chi connectivity index (χ4n) is 1.87. The molecule has 0 radical (unpaired) electrons. The summed E-state index contributed by atoms with van der Waals surface area (Å²) >= 11 is 0. The second-order valence-corrected chi connectivity index (χ2v) is 6.23. The van der Waals surface area contributed by atoms with E-state index in [0.717, 1.165) is 12.8 Å². The van der Waals surface area contributed by atoms with Crippen LogP contribution in [-0.4, -0.2) is 32.1 Å². The number of nitrogens with zero attached hydrogens (tertiary/aromatic N) is 1. The van der Waals surface area contributed by atoms with Crippen LogP contribution >= 0.6 is 0 Å². The highest BCUT2D eigenvalue weighted by Crippen LogP contribution is 2.25.